The van der Waals surface area contributed by atoms with Gasteiger partial charge in [0.2, 0.25) is 5.75 Å². The van der Waals surface area contributed by atoms with E-state index in [4.69, 9.17) is 14.2 Å². The molecule has 0 radical (unpaired) electrons. The summed E-state index contributed by atoms with van der Waals surface area (Å²) >= 11 is 0. The van der Waals surface area contributed by atoms with Crippen LogP contribution in [0.15, 0.2) is 24.3 Å². The van der Waals surface area contributed by atoms with E-state index >= 15 is 0 Å². The van der Waals surface area contributed by atoms with E-state index < -0.39 is 0 Å². The molecule has 1 atom stereocenters. The van der Waals surface area contributed by atoms with Gasteiger partial charge in [0.05, 0.1) is 7.11 Å². The van der Waals surface area contributed by atoms with E-state index in [-0.39, 0.29) is 0 Å². The molecular formula is C17H23NO3. The lowest BCUT2D eigenvalue weighted by Gasteiger charge is -2.22. The second-order valence-electron chi connectivity index (χ2n) is 5.60. The summed E-state index contributed by atoms with van der Waals surface area (Å²) in [5.74, 6) is 3.03. The van der Waals surface area contributed by atoms with Crippen LogP contribution in [0.5, 0.6) is 17.2 Å². The van der Waals surface area contributed by atoms with E-state index in [1.54, 1.807) is 7.11 Å². The monoisotopic (exact) mass is 289 g/mol. The lowest BCUT2D eigenvalue weighted by atomic mass is 9.94. The first-order valence-electron chi connectivity index (χ1n) is 7.69. The van der Waals surface area contributed by atoms with Crippen LogP contribution in [0.1, 0.15) is 24.8 Å². The fourth-order valence-electron chi connectivity index (χ4n) is 2.89. The van der Waals surface area contributed by atoms with Crippen LogP contribution in [0.4, 0.5) is 0 Å². The molecule has 0 saturated heterocycles. The van der Waals surface area contributed by atoms with Crippen LogP contribution < -0.4 is 19.5 Å². The first-order valence-corrected chi connectivity index (χ1v) is 7.69. The number of nitrogens with one attached hydrogen (secondary N) is 1. The van der Waals surface area contributed by atoms with Crippen LogP contribution in [0.25, 0.3) is 0 Å². The van der Waals surface area contributed by atoms with Crippen molar-refractivity contribution in [2.75, 3.05) is 26.9 Å². The van der Waals surface area contributed by atoms with Crippen molar-refractivity contribution in [3.63, 3.8) is 0 Å². The molecule has 1 heterocycles. The number of hydrogen-bond donors (Lipinski definition) is 1. The molecule has 1 aliphatic heterocycles. The maximum Gasteiger partial charge on any atom is 0.203 e. The number of rotatable bonds is 5. The van der Waals surface area contributed by atoms with Gasteiger partial charge < -0.3 is 19.5 Å². The number of methoxy groups -OCH3 is 1. The van der Waals surface area contributed by atoms with Crippen molar-refractivity contribution in [2.45, 2.75) is 25.8 Å². The second-order valence-corrected chi connectivity index (χ2v) is 5.60. The van der Waals surface area contributed by atoms with E-state index in [2.05, 4.69) is 17.5 Å². The molecule has 1 aromatic carbocycles. The van der Waals surface area contributed by atoms with Crippen LogP contribution in [0.2, 0.25) is 0 Å². The van der Waals surface area contributed by atoms with Crippen LogP contribution >= 0.6 is 0 Å². The average molecular weight is 289 g/mol. The number of allylic oxidation sites excluding steroid dienone is 2. The summed E-state index contributed by atoms with van der Waals surface area (Å²) in [4.78, 5) is 0. The van der Waals surface area contributed by atoms with Gasteiger partial charge in [-0.15, -0.1) is 0 Å². The molecule has 3 rings (SSSR count). The number of fused-ring (bicyclic) bond motifs is 1. The van der Waals surface area contributed by atoms with Gasteiger partial charge in [-0.1, -0.05) is 12.2 Å². The molecule has 1 aliphatic carbocycles. The molecule has 0 spiro atoms. The zero-order valence-corrected chi connectivity index (χ0v) is 12.6. The smallest absolute Gasteiger partial charge is 0.203 e. The van der Waals surface area contributed by atoms with Gasteiger partial charge in [0, 0.05) is 6.54 Å². The fraction of sp³-hybridized carbons (Fsp3) is 0.529. The SMILES string of the molecule is COc1cc(CNCC2CC=CCC2)cc2c1OCCO2. The van der Waals surface area contributed by atoms with Crippen molar-refractivity contribution in [3.05, 3.63) is 29.8 Å². The Kier molecular flexibility index (Phi) is 4.65. The summed E-state index contributed by atoms with van der Waals surface area (Å²) in [6.45, 7) is 3.06. The molecule has 114 valence electrons. The zero-order chi connectivity index (χ0) is 14.5. The normalized spacial score (nSPS) is 20.3. The third kappa shape index (κ3) is 3.50. The van der Waals surface area contributed by atoms with E-state index in [1.165, 1.54) is 24.8 Å². The van der Waals surface area contributed by atoms with Crippen molar-refractivity contribution in [2.24, 2.45) is 5.92 Å². The minimum atomic E-state index is 0.580. The molecule has 0 fully saturated rings. The molecule has 4 heteroatoms. The summed E-state index contributed by atoms with van der Waals surface area (Å²) in [6, 6.07) is 4.08. The summed E-state index contributed by atoms with van der Waals surface area (Å²) in [6.07, 6.45) is 8.26. The lowest BCUT2D eigenvalue weighted by molar-refractivity contribution is 0.165. The number of hydrogen-bond acceptors (Lipinski definition) is 4. The van der Waals surface area contributed by atoms with Gasteiger partial charge in [-0.3, -0.25) is 0 Å². The predicted octanol–water partition coefficient (Wildman–Crippen LogP) is 2.91. The topological polar surface area (TPSA) is 39.7 Å². The molecule has 1 N–H and O–H groups in total. The minimum absolute atomic E-state index is 0.580. The van der Waals surface area contributed by atoms with Crippen molar-refractivity contribution < 1.29 is 14.2 Å². The van der Waals surface area contributed by atoms with Crippen molar-refractivity contribution in [1.29, 1.82) is 0 Å². The highest BCUT2D eigenvalue weighted by molar-refractivity contribution is 5.54. The van der Waals surface area contributed by atoms with Gasteiger partial charge in [-0.05, 0) is 49.4 Å². The van der Waals surface area contributed by atoms with Gasteiger partial charge >= 0.3 is 0 Å². The molecule has 4 nitrogen and oxygen atoms in total. The minimum Gasteiger partial charge on any atom is -0.493 e. The van der Waals surface area contributed by atoms with Gasteiger partial charge in [0.25, 0.3) is 0 Å². The van der Waals surface area contributed by atoms with Gasteiger partial charge in [-0.2, -0.15) is 0 Å². The van der Waals surface area contributed by atoms with Crippen molar-refractivity contribution in [3.8, 4) is 17.2 Å². The molecule has 0 bridgehead atoms. The summed E-state index contributed by atoms with van der Waals surface area (Å²) in [5, 5.41) is 3.54. The van der Waals surface area contributed by atoms with E-state index in [1.807, 2.05) is 12.1 Å². The maximum absolute atomic E-state index is 5.66. The first-order chi connectivity index (χ1) is 10.4. The highest BCUT2D eigenvalue weighted by atomic mass is 16.6. The molecule has 1 aromatic rings. The Morgan fingerprint density at radius 3 is 2.95 bits per heavy atom. The summed E-state index contributed by atoms with van der Waals surface area (Å²) < 4.78 is 16.7. The van der Waals surface area contributed by atoms with Crippen LogP contribution in [0, 0.1) is 5.92 Å². The highest BCUT2D eigenvalue weighted by Gasteiger charge is 2.18. The Bertz CT molecular complexity index is 496. The quantitative estimate of drug-likeness (QED) is 0.846. The fourth-order valence-corrected chi connectivity index (χ4v) is 2.89. The van der Waals surface area contributed by atoms with E-state index in [9.17, 15) is 0 Å². The zero-order valence-electron chi connectivity index (χ0n) is 12.6. The largest absolute Gasteiger partial charge is 0.493 e. The Labute approximate surface area is 126 Å². The maximum atomic E-state index is 5.66. The Morgan fingerprint density at radius 2 is 2.14 bits per heavy atom. The van der Waals surface area contributed by atoms with Gasteiger partial charge in [0.15, 0.2) is 11.5 Å². The lowest BCUT2D eigenvalue weighted by Crippen LogP contribution is -2.23. The first kappa shape index (κ1) is 14.3. The Hall–Kier alpha value is -1.68. The summed E-state index contributed by atoms with van der Waals surface area (Å²) in [7, 11) is 1.67. The predicted molar refractivity (Wildman–Crippen MR) is 82.2 cm³/mol. The van der Waals surface area contributed by atoms with Crippen molar-refractivity contribution in [1.82, 2.24) is 5.32 Å². The van der Waals surface area contributed by atoms with Crippen LogP contribution in [-0.2, 0) is 6.54 Å². The molecule has 2 aliphatic rings. The van der Waals surface area contributed by atoms with E-state index in [0.717, 1.165) is 36.3 Å². The molecule has 21 heavy (non-hydrogen) atoms. The summed E-state index contributed by atoms with van der Waals surface area (Å²) in [5.41, 5.74) is 1.17. The Morgan fingerprint density at radius 1 is 1.24 bits per heavy atom. The number of benzene rings is 1. The molecule has 0 saturated carbocycles. The number of ether oxygens (including phenoxy) is 3. The standard InChI is InChI=1S/C17H23NO3/c1-19-15-9-14(10-16-17(15)21-8-7-20-16)12-18-11-13-5-3-2-4-6-13/h2-3,9-10,13,18H,4-8,11-12H2,1H3. The van der Waals surface area contributed by atoms with Crippen molar-refractivity contribution >= 4 is 0 Å². The van der Waals surface area contributed by atoms with Crippen LogP contribution in [0.3, 0.4) is 0 Å². The third-order valence-electron chi connectivity index (χ3n) is 4.03. The second kappa shape index (κ2) is 6.85. The van der Waals surface area contributed by atoms with Crippen LogP contribution in [-0.4, -0.2) is 26.9 Å². The van der Waals surface area contributed by atoms with E-state index in [0.29, 0.717) is 13.2 Å². The third-order valence-corrected chi connectivity index (χ3v) is 4.03. The Balaban J connectivity index is 1.61. The molecule has 0 aromatic heterocycles. The van der Waals surface area contributed by atoms with Gasteiger partial charge in [0.1, 0.15) is 13.2 Å². The highest BCUT2D eigenvalue weighted by Crippen LogP contribution is 2.40. The molecule has 1 unspecified atom stereocenters. The molecule has 0 amide bonds. The molecular weight excluding hydrogens is 266 g/mol. The van der Waals surface area contributed by atoms with Gasteiger partial charge in [-0.25, -0.2) is 0 Å². The average Bonchev–Trinajstić information content (AvgIpc) is 2.55.